The van der Waals surface area contributed by atoms with Gasteiger partial charge < -0.3 is 14.8 Å². The largest absolute Gasteiger partial charge is 0.497 e. The van der Waals surface area contributed by atoms with E-state index in [2.05, 4.69) is 27.9 Å². The lowest BCUT2D eigenvalue weighted by Gasteiger charge is -2.07. The van der Waals surface area contributed by atoms with E-state index in [1.807, 2.05) is 31.2 Å². The van der Waals surface area contributed by atoms with Crippen LogP contribution in [-0.4, -0.2) is 19.6 Å². The van der Waals surface area contributed by atoms with Gasteiger partial charge in [-0.25, -0.2) is 0 Å². The maximum atomic E-state index is 12.3. The molecule has 0 heterocycles. The molecule has 25 heavy (non-hydrogen) atoms. The second-order valence-electron chi connectivity index (χ2n) is 4.98. The van der Waals surface area contributed by atoms with Gasteiger partial charge in [-0.2, -0.15) is 5.26 Å². The molecule has 0 unspecified atom stereocenters. The van der Waals surface area contributed by atoms with E-state index in [1.165, 1.54) is 0 Å². The lowest BCUT2D eigenvalue weighted by Crippen LogP contribution is -2.13. The second-order valence-corrected chi connectivity index (χ2v) is 6.14. The topological polar surface area (TPSA) is 71.3 Å². The molecule has 0 fully saturated rings. The fraction of sp³-hybridized carbons (Fsp3) is 0.158. The Morgan fingerprint density at radius 3 is 2.56 bits per heavy atom. The molecule has 2 aromatic carbocycles. The van der Waals surface area contributed by atoms with Gasteiger partial charge in [0.05, 0.1) is 17.3 Å². The van der Waals surface area contributed by atoms with Crippen LogP contribution in [0.2, 0.25) is 0 Å². The van der Waals surface area contributed by atoms with E-state index in [-0.39, 0.29) is 5.57 Å². The predicted molar refractivity (Wildman–Crippen MR) is 106 cm³/mol. The minimum absolute atomic E-state index is 0.0239. The van der Waals surface area contributed by atoms with Crippen molar-refractivity contribution >= 4 is 40.3 Å². The highest BCUT2D eigenvalue weighted by atomic mass is 127. The van der Waals surface area contributed by atoms with Crippen LogP contribution in [0.3, 0.4) is 0 Å². The molecule has 1 amide bonds. The van der Waals surface area contributed by atoms with Gasteiger partial charge in [-0.15, -0.1) is 0 Å². The molecule has 0 spiro atoms. The summed E-state index contributed by atoms with van der Waals surface area (Å²) in [6.07, 6.45) is 1.55. The Kier molecular flexibility index (Phi) is 6.83. The van der Waals surface area contributed by atoms with Crippen molar-refractivity contribution in [1.82, 2.24) is 0 Å². The van der Waals surface area contributed by atoms with Crippen molar-refractivity contribution in [1.29, 1.82) is 5.26 Å². The highest BCUT2D eigenvalue weighted by Gasteiger charge is 2.10. The number of nitriles is 1. The molecule has 0 saturated carbocycles. The first-order valence-corrected chi connectivity index (χ1v) is 8.64. The van der Waals surface area contributed by atoms with Gasteiger partial charge in [0, 0.05) is 5.69 Å². The van der Waals surface area contributed by atoms with Crippen LogP contribution in [0.4, 0.5) is 5.69 Å². The average Bonchev–Trinajstić information content (AvgIpc) is 2.62. The van der Waals surface area contributed by atoms with Crippen molar-refractivity contribution in [2.75, 3.05) is 19.0 Å². The number of amides is 1. The van der Waals surface area contributed by atoms with Gasteiger partial charge in [-0.1, -0.05) is 6.07 Å². The number of carbonyl (C=O) groups excluding carboxylic acids is 1. The van der Waals surface area contributed by atoms with E-state index < -0.39 is 5.91 Å². The number of halogens is 1. The van der Waals surface area contributed by atoms with Gasteiger partial charge in [-0.05, 0) is 77.6 Å². The number of nitrogens with zero attached hydrogens (tertiary/aromatic N) is 1. The molecule has 0 atom stereocenters. The molecule has 6 heteroatoms. The molecular formula is C19H17IN2O3. The number of hydrogen-bond acceptors (Lipinski definition) is 4. The van der Waals surface area contributed by atoms with Crippen LogP contribution in [0.5, 0.6) is 11.5 Å². The summed E-state index contributed by atoms with van der Waals surface area (Å²) >= 11 is 2.16. The first-order chi connectivity index (χ1) is 12.1. The Labute approximate surface area is 160 Å². The summed E-state index contributed by atoms with van der Waals surface area (Å²) in [6.45, 7) is 2.50. The SMILES string of the molecule is CCOc1ccc(C=C(C#N)C(=O)Nc2ccc(OC)cc2)cc1I. The summed E-state index contributed by atoms with van der Waals surface area (Å²) in [6, 6.07) is 14.3. The highest BCUT2D eigenvalue weighted by Crippen LogP contribution is 2.23. The van der Waals surface area contributed by atoms with Crippen LogP contribution >= 0.6 is 22.6 Å². The molecule has 0 aliphatic heterocycles. The second kappa shape index (κ2) is 9.08. The molecule has 0 aromatic heterocycles. The molecule has 128 valence electrons. The zero-order valence-electron chi connectivity index (χ0n) is 13.9. The summed E-state index contributed by atoms with van der Waals surface area (Å²) in [5.41, 5.74) is 1.37. The number of nitrogens with one attached hydrogen (secondary N) is 1. The molecule has 0 saturated heterocycles. The number of benzene rings is 2. The van der Waals surface area contributed by atoms with Crippen LogP contribution in [0.25, 0.3) is 6.08 Å². The lowest BCUT2D eigenvalue weighted by atomic mass is 10.1. The van der Waals surface area contributed by atoms with Crippen molar-refractivity contribution < 1.29 is 14.3 Å². The molecule has 2 rings (SSSR count). The van der Waals surface area contributed by atoms with Crippen LogP contribution in [-0.2, 0) is 4.79 Å². The van der Waals surface area contributed by atoms with Gasteiger partial charge in [0.1, 0.15) is 23.1 Å². The van der Waals surface area contributed by atoms with Gasteiger partial charge in [-0.3, -0.25) is 4.79 Å². The van der Waals surface area contributed by atoms with E-state index >= 15 is 0 Å². The number of carbonyl (C=O) groups is 1. The molecule has 0 radical (unpaired) electrons. The van der Waals surface area contributed by atoms with Crippen molar-refractivity contribution in [3.8, 4) is 17.6 Å². The van der Waals surface area contributed by atoms with Crippen LogP contribution in [0, 0.1) is 14.9 Å². The minimum Gasteiger partial charge on any atom is -0.497 e. The van der Waals surface area contributed by atoms with Crippen molar-refractivity contribution in [3.05, 3.63) is 57.2 Å². The Hall–Kier alpha value is -2.53. The van der Waals surface area contributed by atoms with E-state index in [0.717, 1.165) is 14.9 Å². The van der Waals surface area contributed by atoms with E-state index in [9.17, 15) is 10.1 Å². The third kappa shape index (κ3) is 5.22. The monoisotopic (exact) mass is 448 g/mol. The van der Waals surface area contributed by atoms with Crippen LogP contribution < -0.4 is 14.8 Å². The Morgan fingerprint density at radius 2 is 2.00 bits per heavy atom. The molecule has 2 aromatic rings. The third-order valence-corrected chi connectivity index (χ3v) is 4.12. The normalized spacial score (nSPS) is 10.7. The maximum absolute atomic E-state index is 12.3. The standard InChI is InChI=1S/C19H17IN2O3/c1-3-25-18-9-4-13(11-17(18)20)10-14(12-21)19(23)22-15-5-7-16(24-2)8-6-15/h4-11H,3H2,1-2H3,(H,22,23). The van der Waals surface area contributed by atoms with Crippen molar-refractivity contribution in [3.63, 3.8) is 0 Å². The van der Waals surface area contributed by atoms with Gasteiger partial charge in [0.15, 0.2) is 0 Å². The van der Waals surface area contributed by atoms with E-state index in [1.54, 1.807) is 37.5 Å². The maximum Gasteiger partial charge on any atom is 0.266 e. The Morgan fingerprint density at radius 1 is 1.28 bits per heavy atom. The quantitative estimate of drug-likeness (QED) is 0.408. The summed E-state index contributed by atoms with van der Waals surface area (Å²) in [4.78, 5) is 12.3. The fourth-order valence-corrected chi connectivity index (χ4v) is 2.76. The first-order valence-electron chi connectivity index (χ1n) is 7.57. The number of methoxy groups -OCH3 is 1. The third-order valence-electron chi connectivity index (χ3n) is 3.28. The first kappa shape index (κ1) is 18.8. The minimum atomic E-state index is -0.462. The number of anilines is 1. The van der Waals surface area contributed by atoms with Crippen molar-refractivity contribution in [2.24, 2.45) is 0 Å². The van der Waals surface area contributed by atoms with Crippen LogP contribution in [0.1, 0.15) is 12.5 Å². The number of rotatable bonds is 6. The molecular weight excluding hydrogens is 431 g/mol. The Balaban J connectivity index is 2.17. The smallest absolute Gasteiger partial charge is 0.266 e. The average molecular weight is 448 g/mol. The summed E-state index contributed by atoms with van der Waals surface area (Å²) in [5, 5.41) is 12.0. The number of hydrogen-bond donors (Lipinski definition) is 1. The number of ether oxygens (including phenoxy) is 2. The van der Waals surface area contributed by atoms with E-state index in [0.29, 0.717) is 18.0 Å². The summed E-state index contributed by atoms with van der Waals surface area (Å²) < 4.78 is 11.5. The molecule has 5 nitrogen and oxygen atoms in total. The van der Waals surface area contributed by atoms with Crippen LogP contribution in [0.15, 0.2) is 48.0 Å². The fourth-order valence-electron chi connectivity index (χ4n) is 2.07. The summed E-state index contributed by atoms with van der Waals surface area (Å²) in [5.74, 6) is 1.01. The Bertz CT molecular complexity index is 824. The molecule has 1 N–H and O–H groups in total. The van der Waals surface area contributed by atoms with Crippen molar-refractivity contribution in [2.45, 2.75) is 6.92 Å². The van der Waals surface area contributed by atoms with E-state index in [4.69, 9.17) is 9.47 Å². The molecule has 0 bridgehead atoms. The summed E-state index contributed by atoms with van der Waals surface area (Å²) in [7, 11) is 1.57. The zero-order chi connectivity index (χ0) is 18.2. The van der Waals surface area contributed by atoms with Gasteiger partial charge in [0.2, 0.25) is 0 Å². The lowest BCUT2D eigenvalue weighted by molar-refractivity contribution is -0.112. The zero-order valence-corrected chi connectivity index (χ0v) is 16.0. The highest BCUT2D eigenvalue weighted by molar-refractivity contribution is 14.1. The van der Waals surface area contributed by atoms with Gasteiger partial charge in [0.25, 0.3) is 5.91 Å². The van der Waals surface area contributed by atoms with Gasteiger partial charge >= 0.3 is 0 Å². The predicted octanol–water partition coefficient (Wildman–Crippen LogP) is 4.24. The molecule has 0 aliphatic carbocycles. The molecule has 0 aliphatic rings.